The smallest absolute Gasteiger partial charge is 0.268 e. The Morgan fingerprint density at radius 2 is 1.95 bits per heavy atom. The van der Waals surface area contributed by atoms with Gasteiger partial charge < -0.3 is 9.88 Å². The van der Waals surface area contributed by atoms with Crippen molar-refractivity contribution in [2.75, 3.05) is 10.6 Å². The Morgan fingerprint density at radius 3 is 2.50 bits per heavy atom. The van der Waals surface area contributed by atoms with Crippen molar-refractivity contribution in [1.29, 1.82) is 0 Å². The van der Waals surface area contributed by atoms with E-state index in [4.69, 9.17) is 0 Å². The highest BCUT2D eigenvalue weighted by Gasteiger charge is 2.23. The molecule has 0 bridgehead atoms. The molecular formula is C15H20N4O2S. The van der Waals surface area contributed by atoms with E-state index in [2.05, 4.69) is 15.6 Å². The van der Waals surface area contributed by atoms with Gasteiger partial charge in [-0.05, 0) is 18.6 Å². The van der Waals surface area contributed by atoms with E-state index in [1.165, 1.54) is 11.3 Å². The van der Waals surface area contributed by atoms with E-state index in [1.54, 1.807) is 24.0 Å². The fourth-order valence-electron chi connectivity index (χ4n) is 1.71. The molecule has 0 unspecified atom stereocenters. The van der Waals surface area contributed by atoms with E-state index in [9.17, 15) is 9.59 Å². The lowest BCUT2D eigenvalue weighted by Gasteiger charge is -2.16. The summed E-state index contributed by atoms with van der Waals surface area (Å²) in [5, 5.41) is 6.27. The van der Waals surface area contributed by atoms with Gasteiger partial charge in [-0.3, -0.25) is 14.9 Å². The molecular weight excluding hydrogens is 300 g/mol. The Bertz CT molecular complexity index is 709. The van der Waals surface area contributed by atoms with Crippen LogP contribution in [0.5, 0.6) is 0 Å². The molecule has 22 heavy (non-hydrogen) atoms. The minimum Gasteiger partial charge on any atom is -0.320 e. The zero-order valence-electron chi connectivity index (χ0n) is 13.4. The van der Waals surface area contributed by atoms with Gasteiger partial charge in [-0.25, -0.2) is 4.98 Å². The summed E-state index contributed by atoms with van der Waals surface area (Å²) < 4.78 is 1.73. The summed E-state index contributed by atoms with van der Waals surface area (Å²) >= 11 is 1.26. The lowest BCUT2D eigenvalue weighted by molar-refractivity contribution is -0.123. The van der Waals surface area contributed by atoms with Crippen LogP contribution >= 0.6 is 11.3 Å². The van der Waals surface area contributed by atoms with Gasteiger partial charge in [-0.15, -0.1) is 11.3 Å². The van der Waals surface area contributed by atoms with Crippen LogP contribution in [0.15, 0.2) is 18.5 Å². The lowest BCUT2D eigenvalue weighted by Crippen LogP contribution is -2.27. The SMILES string of the molecule is Cc1cc(NC(=O)C(C)(C)C)sc1C(=O)Nc1nccn1C. The van der Waals surface area contributed by atoms with Gasteiger partial charge in [0.15, 0.2) is 0 Å². The zero-order chi connectivity index (χ0) is 16.5. The fourth-order valence-corrected chi connectivity index (χ4v) is 2.68. The van der Waals surface area contributed by atoms with Crippen LogP contribution in [0.25, 0.3) is 0 Å². The monoisotopic (exact) mass is 320 g/mol. The molecule has 2 aromatic rings. The number of nitrogens with zero attached hydrogens (tertiary/aromatic N) is 2. The molecule has 2 amide bonds. The van der Waals surface area contributed by atoms with Gasteiger partial charge in [-0.1, -0.05) is 20.8 Å². The standard InChI is InChI=1S/C15H20N4O2S/c1-9-8-10(17-13(21)15(2,3)4)22-11(9)12(20)18-14-16-6-7-19(14)5/h6-8H,1-5H3,(H,17,21)(H,16,18,20). The molecule has 0 fully saturated rings. The first-order valence-corrected chi connectivity index (χ1v) is 7.70. The van der Waals surface area contributed by atoms with E-state index < -0.39 is 5.41 Å². The number of hydrogen-bond donors (Lipinski definition) is 2. The number of rotatable bonds is 3. The lowest BCUT2D eigenvalue weighted by atomic mass is 9.96. The van der Waals surface area contributed by atoms with Crippen LogP contribution in [0, 0.1) is 12.3 Å². The molecule has 0 aliphatic heterocycles. The van der Waals surface area contributed by atoms with Crippen LogP contribution in [0.2, 0.25) is 0 Å². The summed E-state index contributed by atoms with van der Waals surface area (Å²) in [6.07, 6.45) is 3.37. The van der Waals surface area contributed by atoms with Gasteiger partial charge in [0.2, 0.25) is 11.9 Å². The van der Waals surface area contributed by atoms with Crippen molar-refractivity contribution >= 4 is 34.1 Å². The Morgan fingerprint density at radius 1 is 1.27 bits per heavy atom. The molecule has 0 radical (unpaired) electrons. The maximum Gasteiger partial charge on any atom is 0.268 e. The Hall–Kier alpha value is -2.15. The summed E-state index contributed by atoms with van der Waals surface area (Å²) in [6, 6.07) is 1.81. The third kappa shape index (κ3) is 3.54. The third-order valence-electron chi connectivity index (χ3n) is 3.09. The van der Waals surface area contributed by atoms with Gasteiger partial charge in [-0.2, -0.15) is 0 Å². The first kappa shape index (κ1) is 16.2. The second-order valence-electron chi connectivity index (χ2n) is 6.14. The normalized spacial score (nSPS) is 11.3. The van der Waals surface area contributed by atoms with Crippen molar-refractivity contribution in [3.8, 4) is 0 Å². The summed E-state index contributed by atoms with van der Waals surface area (Å²) in [5.41, 5.74) is 0.341. The topological polar surface area (TPSA) is 76.0 Å². The van der Waals surface area contributed by atoms with Crippen molar-refractivity contribution < 1.29 is 9.59 Å². The molecule has 2 heterocycles. The Labute approximate surface area is 133 Å². The number of amides is 2. The second-order valence-corrected chi connectivity index (χ2v) is 7.19. The van der Waals surface area contributed by atoms with E-state index in [0.717, 1.165) is 5.56 Å². The number of imidazole rings is 1. The number of aryl methyl sites for hydroxylation is 2. The molecule has 6 nitrogen and oxygen atoms in total. The number of carbonyl (C=O) groups is 2. The summed E-state index contributed by atoms with van der Waals surface area (Å²) in [4.78, 5) is 28.9. The number of nitrogens with one attached hydrogen (secondary N) is 2. The number of aromatic nitrogens is 2. The Balaban J connectivity index is 2.14. The summed E-state index contributed by atoms with van der Waals surface area (Å²) in [7, 11) is 1.80. The van der Waals surface area contributed by atoms with E-state index in [1.807, 2.05) is 33.8 Å². The van der Waals surface area contributed by atoms with Crippen molar-refractivity contribution in [2.24, 2.45) is 12.5 Å². The highest BCUT2D eigenvalue weighted by molar-refractivity contribution is 7.18. The van der Waals surface area contributed by atoms with Gasteiger partial charge >= 0.3 is 0 Å². The van der Waals surface area contributed by atoms with Gasteiger partial charge in [0.25, 0.3) is 5.91 Å². The molecule has 118 valence electrons. The van der Waals surface area contributed by atoms with Crippen LogP contribution < -0.4 is 10.6 Å². The molecule has 2 aromatic heterocycles. The Kier molecular flexibility index (Phi) is 4.37. The average Bonchev–Trinajstić information content (AvgIpc) is 2.95. The zero-order valence-corrected chi connectivity index (χ0v) is 14.2. The van der Waals surface area contributed by atoms with E-state index in [0.29, 0.717) is 15.8 Å². The predicted octanol–water partition coefficient (Wildman–Crippen LogP) is 3.03. The molecule has 2 rings (SSSR count). The van der Waals surface area contributed by atoms with Crippen molar-refractivity contribution in [3.63, 3.8) is 0 Å². The van der Waals surface area contributed by atoms with E-state index >= 15 is 0 Å². The first-order valence-electron chi connectivity index (χ1n) is 6.89. The fraction of sp³-hybridized carbons (Fsp3) is 0.400. The predicted molar refractivity (Wildman–Crippen MR) is 88.3 cm³/mol. The van der Waals surface area contributed by atoms with Crippen molar-refractivity contribution in [1.82, 2.24) is 9.55 Å². The van der Waals surface area contributed by atoms with Gasteiger partial charge in [0.1, 0.15) is 0 Å². The number of anilines is 2. The molecule has 0 aromatic carbocycles. The van der Waals surface area contributed by atoms with Gasteiger partial charge in [0.05, 0.1) is 9.88 Å². The van der Waals surface area contributed by atoms with Gasteiger partial charge in [0, 0.05) is 24.9 Å². The third-order valence-corrected chi connectivity index (χ3v) is 4.24. The summed E-state index contributed by atoms with van der Waals surface area (Å²) in [6.45, 7) is 7.38. The van der Waals surface area contributed by atoms with Crippen LogP contribution in [0.3, 0.4) is 0 Å². The molecule has 0 saturated carbocycles. The quantitative estimate of drug-likeness (QED) is 0.912. The number of hydrogen-bond acceptors (Lipinski definition) is 4. The van der Waals surface area contributed by atoms with Crippen LogP contribution in [0.1, 0.15) is 36.0 Å². The number of thiophene rings is 1. The second kappa shape index (κ2) is 5.92. The van der Waals surface area contributed by atoms with E-state index in [-0.39, 0.29) is 11.8 Å². The molecule has 0 atom stereocenters. The maximum atomic E-state index is 12.3. The van der Waals surface area contributed by atoms with Crippen molar-refractivity contribution in [2.45, 2.75) is 27.7 Å². The average molecular weight is 320 g/mol. The minimum absolute atomic E-state index is 0.0789. The molecule has 0 aliphatic rings. The number of carbonyl (C=O) groups excluding carboxylic acids is 2. The largest absolute Gasteiger partial charge is 0.320 e. The summed E-state index contributed by atoms with van der Waals surface area (Å²) in [5.74, 6) is 0.177. The maximum absolute atomic E-state index is 12.3. The van der Waals surface area contributed by atoms with Crippen LogP contribution in [-0.2, 0) is 11.8 Å². The molecule has 0 saturated heterocycles. The van der Waals surface area contributed by atoms with Crippen LogP contribution in [-0.4, -0.2) is 21.4 Å². The molecule has 2 N–H and O–H groups in total. The first-order chi connectivity index (χ1) is 10.2. The van der Waals surface area contributed by atoms with Crippen LogP contribution in [0.4, 0.5) is 10.9 Å². The highest BCUT2D eigenvalue weighted by atomic mass is 32.1. The highest BCUT2D eigenvalue weighted by Crippen LogP contribution is 2.29. The molecule has 7 heteroatoms. The van der Waals surface area contributed by atoms with Crippen molar-refractivity contribution in [3.05, 3.63) is 28.9 Å². The molecule has 0 aliphatic carbocycles. The minimum atomic E-state index is -0.479. The molecule has 0 spiro atoms.